The van der Waals surface area contributed by atoms with Crippen molar-refractivity contribution in [2.75, 3.05) is 0 Å². The fourth-order valence-electron chi connectivity index (χ4n) is 2.93. The lowest BCUT2D eigenvalue weighted by Crippen LogP contribution is -2.20. The zero-order chi connectivity index (χ0) is 16.8. The van der Waals surface area contributed by atoms with Crippen LogP contribution in [0.2, 0.25) is 0 Å². The third kappa shape index (κ3) is 5.40. The fraction of sp³-hybridized carbons (Fsp3) is 0.429. The molecule has 0 aliphatic rings. The van der Waals surface area contributed by atoms with Crippen LogP contribution in [-0.4, -0.2) is 6.04 Å². The zero-order valence-corrected chi connectivity index (χ0v) is 15.9. The highest BCUT2D eigenvalue weighted by Crippen LogP contribution is 2.26. The maximum Gasteiger partial charge on any atom is 0.0286 e. The summed E-state index contributed by atoms with van der Waals surface area (Å²) in [4.78, 5) is 1.37. The number of nitrogens with one attached hydrogen (secondary N) is 1. The predicted molar refractivity (Wildman–Crippen MR) is 103 cm³/mol. The average Bonchev–Trinajstić information content (AvgIpc) is 2.52. The van der Waals surface area contributed by atoms with Crippen LogP contribution in [0.15, 0.2) is 41.3 Å². The summed E-state index contributed by atoms with van der Waals surface area (Å²) in [6.45, 7) is 11.0. The van der Waals surface area contributed by atoms with E-state index in [-0.39, 0.29) is 0 Å². The van der Waals surface area contributed by atoms with Gasteiger partial charge < -0.3 is 0 Å². The second-order valence-electron chi connectivity index (χ2n) is 6.56. The first-order chi connectivity index (χ1) is 11.0. The summed E-state index contributed by atoms with van der Waals surface area (Å²) in [7, 11) is 0. The topological polar surface area (TPSA) is 12.0 Å². The molecule has 0 saturated heterocycles. The first-order valence-corrected chi connectivity index (χ1v) is 9.39. The Morgan fingerprint density at radius 2 is 1.65 bits per heavy atom. The summed E-state index contributed by atoms with van der Waals surface area (Å²) in [6, 6.07) is 14.0. The molecule has 0 heterocycles. The molecular weight excluding hydrogens is 298 g/mol. The van der Waals surface area contributed by atoms with Crippen molar-refractivity contribution in [1.82, 2.24) is 4.72 Å². The number of hydrogen-bond donors (Lipinski definition) is 1. The summed E-state index contributed by atoms with van der Waals surface area (Å²) in [6.07, 6.45) is 3.40. The molecule has 0 amide bonds. The SMILES string of the molecule is CCc1cccc(CCC(C)NSc2c(C)cc(C)cc2C)c1. The van der Waals surface area contributed by atoms with Crippen LogP contribution in [0.1, 0.15) is 48.1 Å². The van der Waals surface area contributed by atoms with Gasteiger partial charge in [-0.15, -0.1) is 0 Å². The molecule has 0 aliphatic carbocycles. The van der Waals surface area contributed by atoms with Crippen LogP contribution < -0.4 is 4.72 Å². The predicted octanol–water partition coefficient (Wildman–Crippen LogP) is 5.79. The van der Waals surface area contributed by atoms with Crippen LogP contribution in [-0.2, 0) is 12.8 Å². The Morgan fingerprint density at radius 3 is 2.30 bits per heavy atom. The minimum atomic E-state index is 0.491. The molecule has 0 fully saturated rings. The Labute approximate surface area is 146 Å². The van der Waals surface area contributed by atoms with Crippen LogP contribution in [0, 0.1) is 20.8 Å². The van der Waals surface area contributed by atoms with Crippen molar-refractivity contribution >= 4 is 11.9 Å². The zero-order valence-electron chi connectivity index (χ0n) is 15.1. The van der Waals surface area contributed by atoms with Crippen LogP contribution in [0.25, 0.3) is 0 Å². The van der Waals surface area contributed by atoms with E-state index in [0.29, 0.717) is 6.04 Å². The van der Waals surface area contributed by atoms with Gasteiger partial charge in [0.15, 0.2) is 0 Å². The van der Waals surface area contributed by atoms with Gasteiger partial charge in [0, 0.05) is 10.9 Å². The van der Waals surface area contributed by atoms with E-state index >= 15 is 0 Å². The van der Waals surface area contributed by atoms with E-state index in [1.165, 1.54) is 32.7 Å². The van der Waals surface area contributed by atoms with Crippen molar-refractivity contribution in [2.24, 2.45) is 0 Å². The number of rotatable bonds is 7. The van der Waals surface area contributed by atoms with Gasteiger partial charge in [0.05, 0.1) is 0 Å². The van der Waals surface area contributed by atoms with Crippen LogP contribution in [0.4, 0.5) is 0 Å². The molecule has 0 saturated carbocycles. The third-order valence-electron chi connectivity index (χ3n) is 4.23. The lowest BCUT2D eigenvalue weighted by molar-refractivity contribution is 0.628. The Hall–Kier alpha value is -1.25. The van der Waals surface area contributed by atoms with Crippen molar-refractivity contribution in [3.05, 3.63) is 64.2 Å². The quantitative estimate of drug-likeness (QED) is 0.646. The first-order valence-electron chi connectivity index (χ1n) is 8.57. The van der Waals surface area contributed by atoms with Crippen LogP contribution >= 0.6 is 11.9 Å². The van der Waals surface area contributed by atoms with E-state index in [0.717, 1.165) is 19.3 Å². The monoisotopic (exact) mass is 327 g/mol. The highest BCUT2D eigenvalue weighted by Gasteiger charge is 2.08. The second kappa shape index (κ2) is 8.56. The van der Waals surface area contributed by atoms with E-state index in [4.69, 9.17) is 0 Å². The smallest absolute Gasteiger partial charge is 0.0286 e. The summed E-state index contributed by atoms with van der Waals surface area (Å²) in [5.74, 6) is 0. The maximum atomic E-state index is 3.62. The van der Waals surface area contributed by atoms with Crippen molar-refractivity contribution < 1.29 is 0 Å². The molecule has 1 N–H and O–H groups in total. The van der Waals surface area contributed by atoms with Gasteiger partial charge in [0.25, 0.3) is 0 Å². The second-order valence-corrected chi connectivity index (χ2v) is 7.41. The molecule has 2 rings (SSSR count). The van der Waals surface area contributed by atoms with E-state index in [1.54, 1.807) is 11.9 Å². The minimum absolute atomic E-state index is 0.491. The van der Waals surface area contributed by atoms with E-state index in [2.05, 4.69) is 75.7 Å². The normalized spacial score (nSPS) is 12.4. The Kier molecular flexibility index (Phi) is 6.73. The molecule has 1 atom stereocenters. The molecule has 2 aromatic rings. The lowest BCUT2D eigenvalue weighted by atomic mass is 10.0. The highest BCUT2D eigenvalue weighted by molar-refractivity contribution is 7.97. The Balaban J connectivity index is 1.87. The summed E-state index contributed by atoms with van der Waals surface area (Å²) in [5.41, 5.74) is 6.95. The molecule has 0 radical (unpaired) electrons. The van der Waals surface area contributed by atoms with Gasteiger partial charge in [-0.2, -0.15) is 0 Å². The van der Waals surface area contributed by atoms with Crippen LogP contribution in [0.5, 0.6) is 0 Å². The fourth-order valence-corrected chi connectivity index (χ4v) is 3.81. The summed E-state index contributed by atoms with van der Waals surface area (Å²) >= 11 is 1.78. The summed E-state index contributed by atoms with van der Waals surface area (Å²) < 4.78 is 3.62. The average molecular weight is 328 g/mol. The third-order valence-corrected chi connectivity index (χ3v) is 5.60. The molecule has 0 bridgehead atoms. The largest absolute Gasteiger partial charge is 0.257 e. The molecule has 124 valence electrons. The van der Waals surface area contributed by atoms with E-state index in [9.17, 15) is 0 Å². The standard InChI is InChI=1S/C21H29NS/c1-6-19-8-7-9-20(14-19)11-10-18(5)22-23-21-16(3)12-15(2)13-17(21)4/h7-9,12-14,18,22H,6,10-11H2,1-5H3. The molecule has 1 nitrogen and oxygen atoms in total. The van der Waals surface area contributed by atoms with Crippen molar-refractivity contribution in [3.63, 3.8) is 0 Å². The van der Waals surface area contributed by atoms with Crippen molar-refractivity contribution in [2.45, 2.75) is 64.8 Å². The van der Waals surface area contributed by atoms with Gasteiger partial charge in [0.1, 0.15) is 0 Å². The lowest BCUT2D eigenvalue weighted by Gasteiger charge is -2.16. The highest BCUT2D eigenvalue weighted by atomic mass is 32.2. The molecule has 2 aromatic carbocycles. The molecule has 23 heavy (non-hydrogen) atoms. The van der Waals surface area contributed by atoms with Gasteiger partial charge in [0.2, 0.25) is 0 Å². The number of hydrogen-bond acceptors (Lipinski definition) is 2. The number of benzene rings is 2. The Morgan fingerprint density at radius 1 is 1.00 bits per heavy atom. The molecule has 0 aliphatic heterocycles. The molecular formula is C21H29NS. The van der Waals surface area contributed by atoms with Gasteiger partial charge in [-0.05, 0) is 81.2 Å². The minimum Gasteiger partial charge on any atom is -0.257 e. The van der Waals surface area contributed by atoms with Crippen molar-refractivity contribution in [1.29, 1.82) is 0 Å². The number of aryl methyl sites for hydroxylation is 5. The Bertz CT molecular complexity index is 625. The van der Waals surface area contributed by atoms with Gasteiger partial charge in [-0.25, -0.2) is 0 Å². The molecule has 0 aromatic heterocycles. The van der Waals surface area contributed by atoms with Crippen molar-refractivity contribution in [3.8, 4) is 0 Å². The first kappa shape index (κ1) is 18.1. The van der Waals surface area contributed by atoms with E-state index < -0.39 is 0 Å². The van der Waals surface area contributed by atoms with Gasteiger partial charge >= 0.3 is 0 Å². The molecule has 2 heteroatoms. The molecule has 1 unspecified atom stereocenters. The van der Waals surface area contributed by atoms with Gasteiger partial charge in [-0.1, -0.05) is 48.9 Å². The maximum absolute atomic E-state index is 3.62. The van der Waals surface area contributed by atoms with E-state index in [1.807, 2.05) is 0 Å². The summed E-state index contributed by atoms with van der Waals surface area (Å²) in [5, 5.41) is 0. The van der Waals surface area contributed by atoms with Crippen LogP contribution in [0.3, 0.4) is 0 Å². The molecule has 0 spiro atoms. The van der Waals surface area contributed by atoms with Gasteiger partial charge in [-0.3, -0.25) is 4.72 Å².